The predicted octanol–water partition coefficient (Wildman–Crippen LogP) is 4.30. The van der Waals surface area contributed by atoms with Crippen molar-refractivity contribution >= 4 is 16.7 Å². The fourth-order valence-corrected chi connectivity index (χ4v) is 4.72. The van der Waals surface area contributed by atoms with Gasteiger partial charge < -0.3 is 15.2 Å². The molecule has 0 unspecified atom stereocenters. The number of fused-ring (bicyclic) bond motifs is 3. The van der Waals surface area contributed by atoms with E-state index in [1.54, 1.807) is 0 Å². The third-order valence-electron chi connectivity index (χ3n) is 6.11. The summed E-state index contributed by atoms with van der Waals surface area (Å²) in [7, 11) is 0. The smallest absolute Gasteiger partial charge is 0.114 e. The van der Waals surface area contributed by atoms with Crippen LogP contribution >= 0.6 is 0 Å². The van der Waals surface area contributed by atoms with Gasteiger partial charge in [0.05, 0.1) is 11.0 Å². The van der Waals surface area contributed by atoms with Gasteiger partial charge in [-0.05, 0) is 56.8 Å². The summed E-state index contributed by atoms with van der Waals surface area (Å²) >= 11 is 0. The number of rotatable bonds is 3. The van der Waals surface area contributed by atoms with Crippen LogP contribution in [-0.4, -0.2) is 28.7 Å². The van der Waals surface area contributed by atoms with Crippen molar-refractivity contribution in [3.8, 4) is 0 Å². The molecule has 3 heterocycles. The van der Waals surface area contributed by atoms with Crippen molar-refractivity contribution in [2.75, 3.05) is 18.4 Å². The van der Waals surface area contributed by atoms with Crippen LogP contribution in [0.15, 0.2) is 42.5 Å². The molecular weight excluding hydrogens is 332 g/mol. The van der Waals surface area contributed by atoms with Crippen LogP contribution in [0.5, 0.6) is 0 Å². The standard InChI is InChI=1S/C23H28N4/c1-16-9-10-19-20(25-16)11-12-21-23(19)26-22(14-17-6-3-2-4-7-17)27(21)18-8-5-13-24-15-18/h2-4,6-7,11-12,16,18,24-25H,5,8-10,13-15H2,1H3/t16-,18-/m0/s1. The second-order valence-electron chi connectivity index (χ2n) is 8.10. The van der Waals surface area contributed by atoms with Crippen LogP contribution in [0, 0.1) is 0 Å². The van der Waals surface area contributed by atoms with E-state index < -0.39 is 0 Å². The quantitative estimate of drug-likeness (QED) is 0.732. The summed E-state index contributed by atoms with van der Waals surface area (Å²) in [4.78, 5) is 5.22. The lowest BCUT2D eigenvalue weighted by Crippen LogP contribution is -2.32. The molecule has 2 aliphatic rings. The second kappa shape index (κ2) is 7.01. The molecule has 0 spiro atoms. The Morgan fingerprint density at radius 3 is 2.81 bits per heavy atom. The van der Waals surface area contributed by atoms with E-state index in [0.717, 1.165) is 25.9 Å². The number of imidazole rings is 1. The molecule has 1 aromatic heterocycles. The molecule has 2 aromatic carbocycles. The third-order valence-corrected chi connectivity index (χ3v) is 6.11. The highest BCUT2D eigenvalue weighted by Gasteiger charge is 2.25. The van der Waals surface area contributed by atoms with Gasteiger partial charge >= 0.3 is 0 Å². The van der Waals surface area contributed by atoms with Crippen molar-refractivity contribution in [1.29, 1.82) is 0 Å². The summed E-state index contributed by atoms with van der Waals surface area (Å²) in [5, 5.41) is 7.23. The minimum Gasteiger partial charge on any atom is -0.382 e. The Morgan fingerprint density at radius 1 is 1.11 bits per heavy atom. The van der Waals surface area contributed by atoms with E-state index >= 15 is 0 Å². The lowest BCUT2D eigenvalue weighted by atomic mass is 9.97. The SMILES string of the molecule is C[C@H]1CCc2c(ccc3c2nc(Cc2ccccc2)n3[C@H]2CCCNC2)N1. The zero-order valence-electron chi connectivity index (χ0n) is 16.0. The topological polar surface area (TPSA) is 41.9 Å². The third kappa shape index (κ3) is 3.12. The summed E-state index contributed by atoms with van der Waals surface area (Å²) in [5.74, 6) is 1.21. The normalized spacial score (nSPS) is 22.4. The summed E-state index contributed by atoms with van der Waals surface area (Å²) in [5.41, 5.74) is 6.54. The fraction of sp³-hybridized carbons (Fsp3) is 0.435. The van der Waals surface area contributed by atoms with Crippen molar-refractivity contribution in [3.63, 3.8) is 0 Å². The van der Waals surface area contributed by atoms with E-state index in [9.17, 15) is 0 Å². The Morgan fingerprint density at radius 2 is 2.00 bits per heavy atom. The average molecular weight is 361 g/mol. The predicted molar refractivity (Wildman–Crippen MR) is 112 cm³/mol. The molecule has 1 fully saturated rings. The summed E-state index contributed by atoms with van der Waals surface area (Å²) < 4.78 is 2.53. The molecule has 140 valence electrons. The number of anilines is 1. The first kappa shape index (κ1) is 16.8. The van der Waals surface area contributed by atoms with Gasteiger partial charge in [-0.25, -0.2) is 4.98 Å². The van der Waals surface area contributed by atoms with Crippen LogP contribution in [0.4, 0.5) is 5.69 Å². The van der Waals surface area contributed by atoms with Crippen LogP contribution in [0.25, 0.3) is 11.0 Å². The average Bonchev–Trinajstić information content (AvgIpc) is 3.07. The van der Waals surface area contributed by atoms with Gasteiger partial charge in [-0.2, -0.15) is 0 Å². The Balaban J connectivity index is 1.64. The molecule has 0 radical (unpaired) electrons. The maximum absolute atomic E-state index is 5.22. The highest BCUT2D eigenvalue weighted by Crippen LogP contribution is 2.35. The fourth-order valence-electron chi connectivity index (χ4n) is 4.72. The van der Waals surface area contributed by atoms with Crippen molar-refractivity contribution in [3.05, 3.63) is 59.4 Å². The highest BCUT2D eigenvalue weighted by molar-refractivity contribution is 5.86. The number of aromatic nitrogens is 2. The first-order valence-corrected chi connectivity index (χ1v) is 10.3. The molecule has 0 amide bonds. The van der Waals surface area contributed by atoms with Gasteiger partial charge in [-0.15, -0.1) is 0 Å². The molecule has 4 heteroatoms. The summed E-state index contributed by atoms with van der Waals surface area (Å²) in [6, 6.07) is 16.3. The van der Waals surface area contributed by atoms with Crippen molar-refractivity contribution in [1.82, 2.24) is 14.9 Å². The number of hydrogen-bond donors (Lipinski definition) is 2. The molecule has 0 saturated carbocycles. The number of nitrogens with one attached hydrogen (secondary N) is 2. The maximum Gasteiger partial charge on any atom is 0.114 e. The first-order valence-electron chi connectivity index (χ1n) is 10.3. The highest BCUT2D eigenvalue weighted by atomic mass is 15.1. The number of nitrogens with zero attached hydrogens (tertiary/aromatic N) is 2. The van der Waals surface area contributed by atoms with Crippen molar-refractivity contribution < 1.29 is 0 Å². The Labute approximate surface area is 161 Å². The molecule has 2 N–H and O–H groups in total. The summed E-state index contributed by atoms with van der Waals surface area (Å²) in [6.07, 6.45) is 5.65. The molecule has 1 saturated heterocycles. The van der Waals surface area contributed by atoms with Gasteiger partial charge in [0.2, 0.25) is 0 Å². The molecule has 2 aliphatic heterocycles. The molecule has 3 aromatic rings. The zero-order valence-corrected chi connectivity index (χ0v) is 16.0. The van der Waals surface area contributed by atoms with Gasteiger partial charge in [-0.3, -0.25) is 0 Å². The molecular formula is C23H28N4. The van der Waals surface area contributed by atoms with Crippen LogP contribution in [0.2, 0.25) is 0 Å². The van der Waals surface area contributed by atoms with Gasteiger partial charge in [0.25, 0.3) is 0 Å². The molecule has 0 bridgehead atoms. The Kier molecular flexibility index (Phi) is 4.36. The Hall–Kier alpha value is -2.33. The van der Waals surface area contributed by atoms with E-state index in [4.69, 9.17) is 4.98 Å². The lowest BCUT2D eigenvalue weighted by Gasteiger charge is -2.27. The Bertz CT molecular complexity index is 938. The molecule has 0 aliphatic carbocycles. The zero-order chi connectivity index (χ0) is 18.2. The monoisotopic (exact) mass is 360 g/mol. The van der Waals surface area contributed by atoms with Crippen molar-refractivity contribution in [2.24, 2.45) is 0 Å². The molecule has 27 heavy (non-hydrogen) atoms. The van der Waals surface area contributed by atoms with E-state index in [-0.39, 0.29) is 0 Å². The maximum atomic E-state index is 5.22. The van der Waals surface area contributed by atoms with Gasteiger partial charge in [0.15, 0.2) is 0 Å². The van der Waals surface area contributed by atoms with Crippen LogP contribution < -0.4 is 10.6 Å². The van der Waals surface area contributed by atoms with E-state index in [0.29, 0.717) is 12.1 Å². The van der Waals surface area contributed by atoms with Crippen molar-refractivity contribution in [2.45, 2.75) is 51.1 Å². The van der Waals surface area contributed by atoms with Gasteiger partial charge in [0, 0.05) is 36.3 Å². The van der Waals surface area contributed by atoms with Gasteiger partial charge in [-0.1, -0.05) is 30.3 Å². The molecule has 5 rings (SSSR count). The molecule has 4 nitrogen and oxygen atoms in total. The van der Waals surface area contributed by atoms with Crippen LogP contribution in [0.1, 0.15) is 49.2 Å². The summed E-state index contributed by atoms with van der Waals surface area (Å²) in [6.45, 7) is 4.44. The minimum atomic E-state index is 0.496. The number of benzene rings is 2. The minimum absolute atomic E-state index is 0.496. The second-order valence-corrected chi connectivity index (χ2v) is 8.10. The van der Waals surface area contributed by atoms with Gasteiger partial charge in [0.1, 0.15) is 5.82 Å². The van der Waals surface area contributed by atoms with E-state index in [2.05, 4.69) is 64.6 Å². The number of aryl methyl sites for hydroxylation is 1. The van der Waals surface area contributed by atoms with Crippen LogP contribution in [-0.2, 0) is 12.8 Å². The number of piperidine rings is 1. The number of hydrogen-bond acceptors (Lipinski definition) is 3. The van der Waals surface area contributed by atoms with Crippen LogP contribution in [0.3, 0.4) is 0 Å². The first-order chi connectivity index (χ1) is 13.3. The molecule has 2 atom stereocenters. The van der Waals surface area contributed by atoms with E-state index in [1.807, 2.05) is 0 Å². The van der Waals surface area contributed by atoms with E-state index in [1.165, 1.54) is 52.9 Å². The largest absolute Gasteiger partial charge is 0.382 e. The lowest BCUT2D eigenvalue weighted by molar-refractivity contribution is 0.371.